The largest absolute Gasteiger partial charge is 0.522 e. The molecular formula is C12H17F3N4O3S. The first-order valence-electron chi connectivity index (χ1n) is 6.51. The van der Waals surface area contributed by atoms with Crippen molar-refractivity contribution in [3.63, 3.8) is 0 Å². The summed E-state index contributed by atoms with van der Waals surface area (Å²) in [6.45, 7) is 6.10. The number of aryl methyl sites for hydroxylation is 4. The molecule has 0 aromatic carbocycles. The number of rotatable bonds is 4. The summed E-state index contributed by atoms with van der Waals surface area (Å²) in [5.41, 5.74) is -5.53. The summed E-state index contributed by atoms with van der Waals surface area (Å²) in [5, 5.41) is 0. The van der Waals surface area contributed by atoms with Crippen LogP contribution < -0.4 is 0 Å². The zero-order valence-corrected chi connectivity index (χ0v) is 13.3. The normalized spacial score (nSPS) is 11.9. The maximum absolute atomic E-state index is 10.7. The minimum atomic E-state index is -5.84. The van der Waals surface area contributed by atoms with Gasteiger partial charge >= 0.3 is 15.6 Å². The molecule has 0 unspecified atom stereocenters. The van der Waals surface area contributed by atoms with E-state index in [2.05, 4.69) is 19.1 Å². The van der Waals surface area contributed by atoms with Gasteiger partial charge in [0.15, 0.2) is 0 Å². The number of halogens is 3. The van der Waals surface area contributed by atoms with Crippen LogP contribution in [-0.4, -0.2) is 37.6 Å². The lowest BCUT2D eigenvalue weighted by Gasteiger charge is -2.06. The summed E-state index contributed by atoms with van der Waals surface area (Å²) in [6, 6.07) is 0. The van der Waals surface area contributed by atoms with E-state index in [1.807, 2.05) is 38.6 Å². The van der Waals surface area contributed by atoms with Crippen molar-refractivity contribution in [1.82, 2.24) is 19.1 Å². The molecule has 2 aromatic rings. The Morgan fingerprint density at radius 1 is 1.04 bits per heavy atom. The van der Waals surface area contributed by atoms with Crippen molar-refractivity contribution in [2.75, 3.05) is 0 Å². The summed E-state index contributed by atoms with van der Waals surface area (Å²) in [5.74, 6) is 2.16. The fourth-order valence-electron chi connectivity index (χ4n) is 1.69. The molecule has 2 aromatic heterocycles. The Labute approximate surface area is 131 Å². The lowest BCUT2D eigenvalue weighted by atomic mass is 10.4. The average Bonchev–Trinajstić information content (AvgIpc) is 2.98. The third-order valence-corrected chi connectivity index (χ3v) is 3.52. The van der Waals surface area contributed by atoms with Gasteiger partial charge in [0.2, 0.25) is 0 Å². The van der Waals surface area contributed by atoms with Crippen LogP contribution in [0.1, 0.15) is 18.1 Å². The van der Waals surface area contributed by atoms with E-state index in [9.17, 15) is 13.2 Å². The molecule has 0 amide bonds. The Balaban J connectivity index is 0.000000284. The van der Waals surface area contributed by atoms with E-state index in [1.165, 1.54) is 0 Å². The highest BCUT2D eigenvalue weighted by molar-refractivity contribution is 7.86. The summed E-state index contributed by atoms with van der Waals surface area (Å²) >= 11 is 0. The highest BCUT2D eigenvalue weighted by Crippen LogP contribution is 2.20. The second kappa shape index (κ2) is 7.59. The number of hydrogen-bond acceptors (Lipinski definition) is 4. The van der Waals surface area contributed by atoms with Crippen molar-refractivity contribution >= 4 is 10.1 Å². The molecule has 0 aliphatic carbocycles. The van der Waals surface area contributed by atoms with Crippen LogP contribution in [-0.2, 0) is 23.2 Å². The SMILES string of the molecule is Cc1nccn1CCCn1ccnc1C.O=S(=O)(O)C(F)(F)F. The van der Waals surface area contributed by atoms with Gasteiger partial charge in [0.1, 0.15) is 11.6 Å². The zero-order valence-electron chi connectivity index (χ0n) is 12.5. The van der Waals surface area contributed by atoms with Crippen molar-refractivity contribution in [3.05, 3.63) is 36.4 Å². The second-order valence-corrected chi connectivity index (χ2v) is 6.02. The monoisotopic (exact) mass is 354 g/mol. The second-order valence-electron chi connectivity index (χ2n) is 4.61. The van der Waals surface area contributed by atoms with E-state index in [4.69, 9.17) is 13.0 Å². The maximum atomic E-state index is 10.7. The Morgan fingerprint density at radius 2 is 1.39 bits per heavy atom. The van der Waals surface area contributed by atoms with Gasteiger partial charge < -0.3 is 9.13 Å². The third kappa shape index (κ3) is 6.02. The number of aromatic nitrogens is 4. The molecule has 0 spiro atoms. The highest BCUT2D eigenvalue weighted by Gasteiger charge is 2.44. The first-order valence-corrected chi connectivity index (χ1v) is 7.95. The predicted octanol–water partition coefficient (Wildman–Crippen LogP) is 2.18. The first kappa shape index (κ1) is 19.2. The van der Waals surface area contributed by atoms with Crippen molar-refractivity contribution < 1.29 is 26.1 Å². The number of alkyl halides is 3. The van der Waals surface area contributed by atoms with E-state index < -0.39 is 15.6 Å². The fraction of sp³-hybridized carbons (Fsp3) is 0.500. The lowest BCUT2D eigenvalue weighted by molar-refractivity contribution is -0.0510. The Morgan fingerprint density at radius 3 is 1.61 bits per heavy atom. The van der Waals surface area contributed by atoms with Crippen molar-refractivity contribution in [2.45, 2.75) is 38.9 Å². The zero-order chi connectivity index (χ0) is 17.7. The summed E-state index contributed by atoms with van der Waals surface area (Å²) in [6.07, 6.45) is 8.84. The topological polar surface area (TPSA) is 90.0 Å². The maximum Gasteiger partial charge on any atom is 0.522 e. The van der Waals surface area contributed by atoms with Gasteiger partial charge in [0, 0.05) is 37.9 Å². The van der Waals surface area contributed by atoms with Crippen molar-refractivity contribution in [2.24, 2.45) is 0 Å². The van der Waals surface area contributed by atoms with Crippen LogP contribution >= 0.6 is 0 Å². The summed E-state index contributed by atoms with van der Waals surface area (Å²) < 4.78 is 61.9. The molecular weight excluding hydrogens is 337 g/mol. The van der Waals surface area contributed by atoms with Gasteiger partial charge in [0.25, 0.3) is 0 Å². The van der Waals surface area contributed by atoms with Crippen LogP contribution in [0, 0.1) is 13.8 Å². The smallest absolute Gasteiger partial charge is 0.335 e. The van der Waals surface area contributed by atoms with Gasteiger partial charge in [-0.05, 0) is 20.3 Å². The molecule has 0 fully saturated rings. The molecule has 0 aliphatic rings. The lowest BCUT2D eigenvalue weighted by Crippen LogP contribution is -2.21. The van der Waals surface area contributed by atoms with E-state index >= 15 is 0 Å². The Kier molecular flexibility index (Phi) is 6.33. The average molecular weight is 354 g/mol. The van der Waals surface area contributed by atoms with Crippen LogP contribution in [0.2, 0.25) is 0 Å². The standard InChI is InChI=1S/C11H16N4.CHF3O3S/c1-10-12-4-8-14(10)6-3-7-15-9-5-13-11(15)2;2-1(3,4)8(5,6)7/h4-5,8-9H,3,6-7H2,1-2H3;(H,5,6,7). The van der Waals surface area contributed by atoms with E-state index in [-0.39, 0.29) is 0 Å². The number of hydrogen-bond donors (Lipinski definition) is 1. The van der Waals surface area contributed by atoms with Gasteiger partial charge in [-0.15, -0.1) is 0 Å². The quantitative estimate of drug-likeness (QED) is 0.671. The molecule has 0 radical (unpaired) electrons. The number of nitrogens with zero attached hydrogens (tertiary/aromatic N) is 4. The fourth-order valence-corrected chi connectivity index (χ4v) is 1.69. The van der Waals surface area contributed by atoms with Gasteiger partial charge in [-0.25, -0.2) is 9.97 Å². The van der Waals surface area contributed by atoms with Crippen LogP contribution in [0.15, 0.2) is 24.8 Å². The minimum absolute atomic E-state index is 1.02. The molecule has 0 saturated carbocycles. The van der Waals surface area contributed by atoms with Gasteiger partial charge in [-0.1, -0.05) is 0 Å². The molecule has 1 N–H and O–H groups in total. The Bertz CT molecular complexity index is 682. The van der Waals surface area contributed by atoms with Gasteiger partial charge in [0.05, 0.1) is 0 Å². The molecule has 0 bridgehead atoms. The van der Waals surface area contributed by atoms with Crippen LogP contribution in [0.4, 0.5) is 13.2 Å². The molecule has 130 valence electrons. The molecule has 11 heteroatoms. The highest BCUT2D eigenvalue weighted by atomic mass is 32.2. The van der Waals surface area contributed by atoms with Crippen LogP contribution in [0.25, 0.3) is 0 Å². The third-order valence-electron chi connectivity index (χ3n) is 2.94. The van der Waals surface area contributed by atoms with Crippen molar-refractivity contribution in [1.29, 1.82) is 0 Å². The van der Waals surface area contributed by atoms with Crippen LogP contribution in [0.3, 0.4) is 0 Å². The van der Waals surface area contributed by atoms with Gasteiger partial charge in [-0.3, -0.25) is 4.55 Å². The van der Waals surface area contributed by atoms with E-state index in [0.717, 1.165) is 31.2 Å². The molecule has 7 nitrogen and oxygen atoms in total. The van der Waals surface area contributed by atoms with E-state index in [1.54, 1.807) is 0 Å². The molecule has 2 heterocycles. The molecule has 23 heavy (non-hydrogen) atoms. The molecule has 2 rings (SSSR count). The Hall–Kier alpha value is -1.88. The molecule has 0 aliphatic heterocycles. The van der Waals surface area contributed by atoms with Crippen molar-refractivity contribution in [3.8, 4) is 0 Å². The summed E-state index contributed by atoms with van der Waals surface area (Å²) in [4.78, 5) is 8.39. The van der Waals surface area contributed by atoms with Gasteiger partial charge in [-0.2, -0.15) is 21.6 Å². The predicted molar refractivity (Wildman–Crippen MR) is 76.1 cm³/mol. The first-order chi connectivity index (χ1) is 10.5. The van der Waals surface area contributed by atoms with E-state index in [0.29, 0.717) is 0 Å². The molecule has 0 atom stereocenters. The summed E-state index contributed by atoms with van der Waals surface area (Å²) in [7, 11) is -5.84. The van der Waals surface area contributed by atoms with Crippen LogP contribution in [0.5, 0.6) is 0 Å². The number of imidazole rings is 2. The molecule has 0 saturated heterocycles. The minimum Gasteiger partial charge on any atom is -0.335 e.